The molecule has 4 nitrogen and oxygen atoms in total. The fourth-order valence-electron chi connectivity index (χ4n) is 2.81. The Morgan fingerprint density at radius 2 is 1.59 bits per heavy atom. The van der Waals surface area contributed by atoms with Gasteiger partial charge in [-0.15, -0.1) is 0 Å². The van der Waals surface area contributed by atoms with Gasteiger partial charge in [0.2, 0.25) is 0 Å². The summed E-state index contributed by atoms with van der Waals surface area (Å²) in [6.45, 7) is 0. The molecule has 1 saturated carbocycles. The zero-order valence-corrected chi connectivity index (χ0v) is 13.0. The van der Waals surface area contributed by atoms with Crippen molar-refractivity contribution >= 4 is 27.4 Å². The Kier molecular flexibility index (Phi) is 3.70. The van der Waals surface area contributed by atoms with E-state index in [4.69, 9.17) is 11.6 Å². The highest BCUT2D eigenvalue weighted by Crippen LogP contribution is 2.54. The zero-order chi connectivity index (χ0) is 15.9. The van der Waals surface area contributed by atoms with Gasteiger partial charge in [0, 0.05) is 10.9 Å². The van der Waals surface area contributed by atoms with Crippen LogP contribution in [0.5, 0.6) is 0 Å². The number of hydrogen-bond acceptors (Lipinski definition) is 3. The summed E-state index contributed by atoms with van der Waals surface area (Å²) < 4.78 is 25.3. The molecule has 0 bridgehead atoms. The fraction of sp³-hybridized carbons (Fsp3) is 0.188. The minimum Gasteiger partial charge on any atom is -0.481 e. The molecule has 1 fully saturated rings. The summed E-state index contributed by atoms with van der Waals surface area (Å²) in [5, 5.41) is 8.92. The zero-order valence-electron chi connectivity index (χ0n) is 11.4. The monoisotopic (exact) mass is 336 g/mol. The van der Waals surface area contributed by atoms with Crippen LogP contribution in [0.2, 0.25) is 5.02 Å². The van der Waals surface area contributed by atoms with Gasteiger partial charge >= 0.3 is 5.97 Å². The van der Waals surface area contributed by atoms with Crippen LogP contribution >= 0.6 is 11.6 Å². The number of aliphatic carboxylic acids is 1. The molecule has 2 aromatic rings. The van der Waals surface area contributed by atoms with Gasteiger partial charge in [0.05, 0.1) is 16.1 Å². The van der Waals surface area contributed by atoms with Gasteiger partial charge in [-0.1, -0.05) is 41.9 Å². The molecule has 0 aliphatic heterocycles. The number of carboxylic acid groups (broad SMARTS) is 1. The molecule has 1 aliphatic carbocycles. The number of halogens is 1. The molecule has 0 amide bonds. The van der Waals surface area contributed by atoms with Crippen LogP contribution in [0.4, 0.5) is 0 Å². The number of benzene rings is 2. The summed E-state index contributed by atoms with van der Waals surface area (Å²) in [5.41, 5.74) is 0.682. The van der Waals surface area contributed by atoms with E-state index in [0.717, 1.165) is 0 Å². The van der Waals surface area contributed by atoms with Crippen LogP contribution in [0.1, 0.15) is 11.5 Å². The SMILES string of the molecule is O=C(O)[C@@H]1[C@H](c2ccc(Cl)cc2)[C@H]1S(=O)(=O)c1ccccc1. The van der Waals surface area contributed by atoms with E-state index in [1.807, 2.05) is 0 Å². The topological polar surface area (TPSA) is 71.4 Å². The van der Waals surface area contributed by atoms with Gasteiger partial charge in [-0.05, 0) is 29.8 Å². The lowest BCUT2D eigenvalue weighted by atomic mass is 10.1. The van der Waals surface area contributed by atoms with Crippen molar-refractivity contribution in [2.45, 2.75) is 16.1 Å². The Balaban J connectivity index is 1.99. The molecule has 0 radical (unpaired) electrons. The predicted octanol–water partition coefficient (Wildman–Crippen LogP) is 2.98. The van der Waals surface area contributed by atoms with Crippen molar-refractivity contribution in [1.29, 1.82) is 0 Å². The van der Waals surface area contributed by atoms with Crippen molar-refractivity contribution in [1.82, 2.24) is 0 Å². The van der Waals surface area contributed by atoms with E-state index in [9.17, 15) is 18.3 Å². The third-order valence-corrected chi connectivity index (χ3v) is 6.41. The molecular formula is C16H13ClO4S. The molecule has 0 aromatic heterocycles. The molecule has 0 heterocycles. The van der Waals surface area contributed by atoms with Crippen LogP contribution in [0.25, 0.3) is 0 Å². The van der Waals surface area contributed by atoms with E-state index < -0.39 is 32.9 Å². The number of sulfone groups is 1. The van der Waals surface area contributed by atoms with Crippen molar-refractivity contribution in [3.63, 3.8) is 0 Å². The van der Waals surface area contributed by atoms with Crippen molar-refractivity contribution in [3.8, 4) is 0 Å². The molecule has 114 valence electrons. The molecule has 3 rings (SSSR count). The number of rotatable bonds is 4. The lowest BCUT2D eigenvalue weighted by molar-refractivity contribution is -0.138. The van der Waals surface area contributed by atoms with E-state index in [-0.39, 0.29) is 4.90 Å². The van der Waals surface area contributed by atoms with Crippen LogP contribution in [0, 0.1) is 5.92 Å². The first-order valence-electron chi connectivity index (χ1n) is 6.70. The molecule has 2 aromatic carbocycles. The van der Waals surface area contributed by atoms with Crippen molar-refractivity contribution < 1.29 is 18.3 Å². The maximum Gasteiger partial charge on any atom is 0.308 e. The highest BCUT2D eigenvalue weighted by atomic mass is 35.5. The van der Waals surface area contributed by atoms with Crippen LogP contribution in [0.3, 0.4) is 0 Å². The summed E-state index contributed by atoms with van der Waals surface area (Å²) in [7, 11) is -3.68. The smallest absolute Gasteiger partial charge is 0.308 e. The van der Waals surface area contributed by atoms with Gasteiger partial charge in [-0.2, -0.15) is 0 Å². The highest BCUT2D eigenvalue weighted by molar-refractivity contribution is 7.92. The molecular weight excluding hydrogens is 324 g/mol. The minimum absolute atomic E-state index is 0.155. The summed E-state index contributed by atoms with van der Waals surface area (Å²) in [5.74, 6) is -2.56. The van der Waals surface area contributed by atoms with Gasteiger partial charge < -0.3 is 5.11 Å². The maximum atomic E-state index is 12.7. The third-order valence-electron chi connectivity index (χ3n) is 3.92. The van der Waals surface area contributed by atoms with Gasteiger partial charge in [0.1, 0.15) is 0 Å². The Morgan fingerprint density at radius 1 is 1.00 bits per heavy atom. The van der Waals surface area contributed by atoms with Gasteiger partial charge in [-0.3, -0.25) is 4.79 Å². The molecule has 1 N–H and O–H groups in total. The number of carbonyl (C=O) groups is 1. The average molecular weight is 337 g/mol. The molecule has 1 aliphatic rings. The molecule has 0 unspecified atom stereocenters. The van der Waals surface area contributed by atoms with Crippen LogP contribution in [0.15, 0.2) is 59.5 Å². The second-order valence-corrected chi connectivity index (χ2v) is 7.81. The Hall–Kier alpha value is -1.85. The van der Waals surface area contributed by atoms with E-state index in [1.165, 1.54) is 12.1 Å². The van der Waals surface area contributed by atoms with Gasteiger partial charge in [-0.25, -0.2) is 8.42 Å². The lowest BCUT2D eigenvalue weighted by Gasteiger charge is -2.04. The van der Waals surface area contributed by atoms with Crippen molar-refractivity contribution in [2.75, 3.05) is 0 Å². The van der Waals surface area contributed by atoms with Gasteiger partial charge in [0.15, 0.2) is 9.84 Å². The second-order valence-electron chi connectivity index (χ2n) is 5.26. The molecule has 0 saturated heterocycles. The third kappa shape index (κ3) is 2.51. The van der Waals surface area contributed by atoms with E-state index in [0.29, 0.717) is 10.6 Å². The molecule has 22 heavy (non-hydrogen) atoms. The quantitative estimate of drug-likeness (QED) is 0.931. The number of carboxylic acids is 1. The van der Waals surface area contributed by atoms with Crippen molar-refractivity contribution in [3.05, 3.63) is 65.2 Å². The van der Waals surface area contributed by atoms with Crippen LogP contribution in [-0.4, -0.2) is 24.7 Å². The summed E-state index contributed by atoms with van der Waals surface area (Å²) in [6, 6.07) is 14.6. The van der Waals surface area contributed by atoms with Crippen LogP contribution in [-0.2, 0) is 14.6 Å². The molecule has 0 spiro atoms. The first kappa shape index (κ1) is 15.1. The Labute approximate surface area is 133 Å². The normalized spacial score (nSPS) is 24.0. The number of hydrogen-bond donors (Lipinski definition) is 1. The van der Waals surface area contributed by atoms with Crippen LogP contribution < -0.4 is 0 Å². The summed E-state index contributed by atoms with van der Waals surface area (Å²) in [6.07, 6.45) is 0. The maximum absolute atomic E-state index is 12.7. The second kappa shape index (κ2) is 5.41. The summed E-state index contributed by atoms with van der Waals surface area (Å²) in [4.78, 5) is 11.6. The predicted molar refractivity (Wildman–Crippen MR) is 82.7 cm³/mol. The fourth-order valence-corrected chi connectivity index (χ4v) is 5.08. The standard InChI is InChI=1S/C16H13ClO4S/c17-11-8-6-10(7-9-11)13-14(16(18)19)15(13)22(20,21)12-4-2-1-3-5-12/h1-9,13-15H,(H,18,19)/t13-,14+,15+/m0/s1. The van der Waals surface area contributed by atoms with Gasteiger partial charge in [0.25, 0.3) is 0 Å². The largest absolute Gasteiger partial charge is 0.481 e. The average Bonchev–Trinajstić information content (AvgIpc) is 3.25. The van der Waals surface area contributed by atoms with Crippen molar-refractivity contribution in [2.24, 2.45) is 5.92 Å². The molecule has 3 atom stereocenters. The Morgan fingerprint density at radius 3 is 2.14 bits per heavy atom. The minimum atomic E-state index is -3.68. The van der Waals surface area contributed by atoms with E-state index in [1.54, 1.807) is 42.5 Å². The molecule has 6 heteroatoms. The first-order valence-corrected chi connectivity index (χ1v) is 8.62. The van der Waals surface area contributed by atoms with E-state index >= 15 is 0 Å². The lowest BCUT2D eigenvalue weighted by Crippen LogP contribution is -2.13. The highest BCUT2D eigenvalue weighted by Gasteiger charge is 2.63. The van der Waals surface area contributed by atoms with E-state index in [2.05, 4.69) is 0 Å². The Bertz CT molecular complexity index is 800. The summed E-state index contributed by atoms with van der Waals surface area (Å²) >= 11 is 5.82. The first-order chi connectivity index (χ1) is 10.4.